The number of halogens is 1. The molecular weight excluding hydrogens is 472 g/mol. The van der Waals surface area contributed by atoms with Crippen molar-refractivity contribution in [3.8, 4) is 17.4 Å². The van der Waals surface area contributed by atoms with E-state index in [-0.39, 0.29) is 23.5 Å². The standard InChI is InChI=1S/C25H23BrN2O4/c1-31-20-9-7-17(8-10-20)23(29)18-11-14-28(15-12-18)25(30)22-6-3-13-27-24(22)32-21-5-2-4-19(26)16-21/h2-10,13,16,18H,11-12,14-15H2,1H3. The van der Waals surface area contributed by atoms with E-state index < -0.39 is 0 Å². The summed E-state index contributed by atoms with van der Waals surface area (Å²) in [5.74, 6) is 1.46. The summed E-state index contributed by atoms with van der Waals surface area (Å²) in [5, 5.41) is 0. The number of methoxy groups -OCH3 is 1. The number of aromatic nitrogens is 1. The van der Waals surface area contributed by atoms with Gasteiger partial charge in [-0.15, -0.1) is 0 Å². The molecule has 2 heterocycles. The van der Waals surface area contributed by atoms with Crippen molar-refractivity contribution in [1.82, 2.24) is 9.88 Å². The molecule has 32 heavy (non-hydrogen) atoms. The van der Waals surface area contributed by atoms with Crippen molar-refractivity contribution < 1.29 is 19.1 Å². The van der Waals surface area contributed by atoms with Crippen LogP contribution in [0.4, 0.5) is 0 Å². The molecule has 0 spiro atoms. The van der Waals surface area contributed by atoms with Crippen LogP contribution in [0.25, 0.3) is 0 Å². The van der Waals surface area contributed by atoms with Gasteiger partial charge in [-0.25, -0.2) is 4.98 Å². The second-order valence-corrected chi connectivity index (χ2v) is 8.49. The minimum atomic E-state index is -0.140. The average Bonchev–Trinajstić information content (AvgIpc) is 2.84. The molecule has 1 aromatic heterocycles. The summed E-state index contributed by atoms with van der Waals surface area (Å²) in [6.45, 7) is 1.02. The quantitative estimate of drug-likeness (QED) is 0.430. The Bertz CT molecular complexity index is 1110. The molecule has 1 aliphatic heterocycles. The average molecular weight is 495 g/mol. The lowest BCUT2D eigenvalue weighted by Gasteiger charge is -2.31. The van der Waals surface area contributed by atoms with Crippen LogP contribution in [0.15, 0.2) is 71.3 Å². The molecule has 0 radical (unpaired) electrons. The Morgan fingerprint density at radius 1 is 1.00 bits per heavy atom. The molecule has 0 bridgehead atoms. The number of amides is 1. The fraction of sp³-hybridized carbons (Fsp3) is 0.240. The fourth-order valence-electron chi connectivity index (χ4n) is 3.78. The van der Waals surface area contributed by atoms with Crippen LogP contribution in [-0.2, 0) is 0 Å². The fourth-order valence-corrected chi connectivity index (χ4v) is 4.16. The number of hydrogen-bond donors (Lipinski definition) is 0. The SMILES string of the molecule is COc1ccc(C(=O)C2CCN(C(=O)c3cccnc3Oc3cccc(Br)c3)CC2)cc1. The number of benzene rings is 2. The van der Waals surface area contributed by atoms with E-state index in [1.807, 2.05) is 24.3 Å². The van der Waals surface area contributed by atoms with Gasteiger partial charge in [-0.05, 0) is 67.4 Å². The van der Waals surface area contributed by atoms with Gasteiger partial charge < -0.3 is 14.4 Å². The Morgan fingerprint density at radius 3 is 2.44 bits per heavy atom. The van der Waals surface area contributed by atoms with Crippen molar-refractivity contribution in [2.75, 3.05) is 20.2 Å². The number of hydrogen-bond acceptors (Lipinski definition) is 5. The number of carbonyl (C=O) groups is 2. The van der Waals surface area contributed by atoms with E-state index in [4.69, 9.17) is 9.47 Å². The summed E-state index contributed by atoms with van der Waals surface area (Å²) >= 11 is 3.42. The first kappa shape index (κ1) is 22.0. The van der Waals surface area contributed by atoms with Crippen molar-refractivity contribution in [3.63, 3.8) is 0 Å². The molecule has 2 aromatic carbocycles. The molecule has 0 atom stereocenters. The number of rotatable bonds is 6. The van der Waals surface area contributed by atoms with Crippen LogP contribution in [0.3, 0.4) is 0 Å². The predicted octanol–water partition coefficient (Wildman–Crippen LogP) is 5.38. The van der Waals surface area contributed by atoms with Crippen LogP contribution in [-0.4, -0.2) is 41.8 Å². The molecule has 4 rings (SSSR count). The Balaban J connectivity index is 1.42. The second kappa shape index (κ2) is 9.96. The van der Waals surface area contributed by atoms with E-state index in [0.717, 1.165) is 10.2 Å². The lowest BCUT2D eigenvalue weighted by Crippen LogP contribution is -2.40. The molecule has 6 nitrogen and oxygen atoms in total. The van der Waals surface area contributed by atoms with Crippen LogP contribution in [0.2, 0.25) is 0 Å². The normalized spacial score (nSPS) is 14.1. The van der Waals surface area contributed by atoms with Gasteiger partial charge in [-0.3, -0.25) is 9.59 Å². The number of nitrogens with zero attached hydrogens (tertiary/aromatic N) is 2. The Hall–Kier alpha value is -3.19. The number of ether oxygens (including phenoxy) is 2. The van der Waals surface area contributed by atoms with Crippen LogP contribution >= 0.6 is 15.9 Å². The molecule has 0 N–H and O–H groups in total. The Kier molecular flexibility index (Phi) is 6.85. The van der Waals surface area contributed by atoms with Crippen molar-refractivity contribution in [2.45, 2.75) is 12.8 Å². The first-order valence-electron chi connectivity index (χ1n) is 10.4. The summed E-state index contributed by atoms with van der Waals surface area (Å²) in [7, 11) is 1.60. The van der Waals surface area contributed by atoms with E-state index in [0.29, 0.717) is 42.8 Å². The van der Waals surface area contributed by atoms with Gasteiger partial charge in [0.2, 0.25) is 5.88 Å². The topological polar surface area (TPSA) is 68.7 Å². The highest BCUT2D eigenvalue weighted by Crippen LogP contribution is 2.28. The first-order chi connectivity index (χ1) is 15.5. The number of likely N-dealkylation sites (tertiary alicyclic amines) is 1. The highest BCUT2D eigenvalue weighted by molar-refractivity contribution is 9.10. The van der Waals surface area contributed by atoms with Gasteiger partial charge in [0, 0.05) is 35.2 Å². The van der Waals surface area contributed by atoms with Crippen LogP contribution in [0, 0.1) is 5.92 Å². The first-order valence-corrected chi connectivity index (χ1v) is 11.2. The summed E-state index contributed by atoms with van der Waals surface area (Å²) < 4.78 is 11.9. The third-order valence-electron chi connectivity index (χ3n) is 5.54. The highest BCUT2D eigenvalue weighted by Gasteiger charge is 2.29. The molecule has 0 unspecified atom stereocenters. The smallest absolute Gasteiger partial charge is 0.259 e. The van der Waals surface area contributed by atoms with Crippen molar-refractivity contribution >= 4 is 27.6 Å². The monoisotopic (exact) mass is 494 g/mol. The van der Waals surface area contributed by atoms with Gasteiger partial charge in [-0.2, -0.15) is 0 Å². The second-order valence-electron chi connectivity index (χ2n) is 7.57. The van der Waals surface area contributed by atoms with Gasteiger partial charge in [-0.1, -0.05) is 22.0 Å². The zero-order valence-electron chi connectivity index (χ0n) is 17.7. The zero-order valence-corrected chi connectivity index (χ0v) is 19.2. The lowest BCUT2D eigenvalue weighted by molar-refractivity contribution is 0.0647. The Morgan fingerprint density at radius 2 is 1.75 bits per heavy atom. The molecule has 0 saturated carbocycles. The minimum absolute atomic E-state index is 0.0984. The number of Topliss-reactive ketones (excluding diaryl/α,β-unsaturated/α-hetero) is 1. The number of pyridine rings is 1. The van der Waals surface area contributed by atoms with Crippen LogP contribution in [0.1, 0.15) is 33.6 Å². The van der Waals surface area contributed by atoms with Crippen LogP contribution < -0.4 is 9.47 Å². The Labute approximate surface area is 195 Å². The maximum atomic E-state index is 13.2. The lowest BCUT2D eigenvalue weighted by atomic mass is 9.88. The molecular formula is C25H23BrN2O4. The van der Waals surface area contributed by atoms with Gasteiger partial charge in [0.25, 0.3) is 5.91 Å². The third-order valence-corrected chi connectivity index (χ3v) is 6.03. The van der Waals surface area contributed by atoms with Gasteiger partial charge in [0.15, 0.2) is 5.78 Å². The molecule has 1 amide bonds. The van der Waals surface area contributed by atoms with E-state index in [1.165, 1.54) is 0 Å². The maximum absolute atomic E-state index is 13.2. The maximum Gasteiger partial charge on any atom is 0.259 e. The van der Waals surface area contributed by atoms with E-state index >= 15 is 0 Å². The van der Waals surface area contributed by atoms with Crippen molar-refractivity contribution in [1.29, 1.82) is 0 Å². The molecule has 1 aliphatic rings. The largest absolute Gasteiger partial charge is 0.497 e. The van der Waals surface area contributed by atoms with Gasteiger partial charge in [0.1, 0.15) is 17.1 Å². The summed E-state index contributed by atoms with van der Waals surface area (Å²) in [4.78, 5) is 32.1. The molecule has 1 fully saturated rings. The third kappa shape index (κ3) is 4.99. The zero-order chi connectivity index (χ0) is 22.5. The van der Waals surface area contributed by atoms with E-state index in [1.54, 1.807) is 54.6 Å². The predicted molar refractivity (Wildman–Crippen MR) is 124 cm³/mol. The summed E-state index contributed by atoms with van der Waals surface area (Å²) in [5.41, 5.74) is 1.08. The molecule has 0 aliphatic carbocycles. The number of carbonyl (C=O) groups excluding carboxylic acids is 2. The highest BCUT2D eigenvalue weighted by atomic mass is 79.9. The van der Waals surface area contributed by atoms with Crippen molar-refractivity contribution in [2.24, 2.45) is 5.92 Å². The molecule has 3 aromatic rings. The van der Waals surface area contributed by atoms with Gasteiger partial charge in [0.05, 0.1) is 7.11 Å². The van der Waals surface area contributed by atoms with Gasteiger partial charge >= 0.3 is 0 Å². The number of ketones is 1. The number of piperidine rings is 1. The minimum Gasteiger partial charge on any atom is -0.497 e. The summed E-state index contributed by atoms with van der Waals surface area (Å²) in [6.07, 6.45) is 2.85. The molecule has 7 heteroatoms. The van der Waals surface area contributed by atoms with Crippen LogP contribution in [0.5, 0.6) is 17.4 Å². The molecule has 1 saturated heterocycles. The van der Waals surface area contributed by atoms with Crippen molar-refractivity contribution in [3.05, 3.63) is 82.5 Å². The van der Waals surface area contributed by atoms with E-state index in [9.17, 15) is 9.59 Å². The van der Waals surface area contributed by atoms with E-state index in [2.05, 4.69) is 20.9 Å². The molecule has 164 valence electrons. The summed E-state index contributed by atoms with van der Waals surface area (Å²) in [6, 6.07) is 18.0.